The molecule has 2 heterocycles. The first kappa shape index (κ1) is 15.3. The molecule has 2 saturated heterocycles. The Balaban J connectivity index is 1.38. The SMILES string of the molecule is O=C(CN1CCNCC1)NCC1CCN(c2ccccc2)C1. The smallest absolute Gasteiger partial charge is 0.234 e. The summed E-state index contributed by atoms with van der Waals surface area (Å²) in [7, 11) is 0. The summed E-state index contributed by atoms with van der Waals surface area (Å²) >= 11 is 0. The van der Waals surface area contributed by atoms with E-state index in [1.54, 1.807) is 0 Å². The van der Waals surface area contributed by atoms with E-state index in [0.717, 1.165) is 52.2 Å². The summed E-state index contributed by atoms with van der Waals surface area (Å²) in [5, 5.41) is 6.42. The Kier molecular flexibility index (Phi) is 5.29. The Morgan fingerprint density at radius 1 is 1.18 bits per heavy atom. The van der Waals surface area contributed by atoms with Crippen molar-refractivity contribution >= 4 is 11.6 Å². The number of carbonyl (C=O) groups is 1. The van der Waals surface area contributed by atoms with Gasteiger partial charge >= 0.3 is 0 Å². The van der Waals surface area contributed by atoms with Gasteiger partial charge in [0.15, 0.2) is 0 Å². The molecule has 0 bridgehead atoms. The van der Waals surface area contributed by atoms with Crippen molar-refractivity contribution in [2.75, 3.05) is 57.3 Å². The van der Waals surface area contributed by atoms with Gasteiger partial charge in [0.05, 0.1) is 6.54 Å². The molecule has 1 unspecified atom stereocenters. The van der Waals surface area contributed by atoms with Gasteiger partial charge in [0.2, 0.25) is 5.91 Å². The maximum absolute atomic E-state index is 12.0. The maximum atomic E-state index is 12.0. The average Bonchev–Trinajstić information content (AvgIpc) is 3.04. The number of nitrogens with zero attached hydrogens (tertiary/aromatic N) is 2. The molecule has 1 amide bonds. The molecular weight excluding hydrogens is 276 g/mol. The average molecular weight is 302 g/mol. The second-order valence-corrected chi connectivity index (χ2v) is 6.27. The van der Waals surface area contributed by atoms with Crippen molar-refractivity contribution in [3.63, 3.8) is 0 Å². The van der Waals surface area contributed by atoms with Gasteiger partial charge < -0.3 is 15.5 Å². The maximum Gasteiger partial charge on any atom is 0.234 e. The number of hydrogen-bond acceptors (Lipinski definition) is 4. The van der Waals surface area contributed by atoms with Crippen LogP contribution in [0.15, 0.2) is 30.3 Å². The molecule has 3 rings (SSSR count). The van der Waals surface area contributed by atoms with Crippen molar-refractivity contribution in [1.29, 1.82) is 0 Å². The van der Waals surface area contributed by atoms with E-state index in [4.69, 9.17) is 0 Å². The molecular formula is C17H26N4O. The number of carbonyl (C=O) groups excluding carboxylic acids is 1. The van der Waals surface area contributed by atoms with Crippen molar-refractivity contribution in [3.05, 3.63) is 30.3 Å². The highest BCUT2D eigenvalue weighted by molar-refractivity contribution is 5.78. The Morgan fingerprint density at radius 2 is 1.95 bits per heavy atom. The molecule has 5 nitrogen and oxygen atoms in total. The summed E-state index contributed by atoms with van der Waals surface area (Å²) in [5.74, 6) is 0.729. The zero-order valence-electron chi connectivity index (χ0n) is 13.1. The van der Waals surface area contributed by atoms with Crippen molar-refractivity contribution < 1.29 is 4.79 Å². The number of amides is 1. The first-order chi connectivity index (χ1) is 10.8. The van der Waals surface area contributed by atoms with E-state index in [1.807, 2.05) is 6.07 Å². The number of para-hydroxylation sites is 1. The van der Waals surface area contributed by atoms with Gasteiger partial charge in [-0.3, -0.25) is 9.69 Å². The summed E-state index contributed by atoms with van der Waals surface area (Å²) in [5.41, 5.74) is 1.29. The molecule has 22 heavy (non-hydrogen) atoms. The Morgan fingerprint density at radius 3 is 2.73 bits per heavy atom. The third-order valence-electron chi connectivity index (χ3n) is 4.57. The predicted octanol–water partition coefficient (Wildman–Crippen LogP) is 0.534. The summed E-state index contributed by atoms with van der Waals surface area (Å²) in [6.07, 6.45) is 1.16. The minimum atomic E-state index is 0.167. The summed E-state index contributed by atoms with van der Waals surface area (Å²) in [4.78, 5) is 16.7. The normalized spacial score (nSPS) is 22.7. The van der Waals surface area contributed by atoms with Crippen LogP contribution in [-0.4, -0.2) is 63.2 Å². The monoisotopic (exact) mass is 302 g/mol. The van der Waals surface area contributed by atoms with Gasteiger partial charge in [-0.2, -0.15) is 0 Å². The molecule has 0 spiro atoms. The van der Waals surface area contributed by atoms with Gasteiger partial charge in [-0.1, -0.05) is 18.2 Å². The first-order valence-electron chi connectivity index (χ1n) is 8.31. The van der Waals surface area contributed by atoms with Crippen LogP contribution >= 0.6 is 0 Å². The van der Waals surface area contributed by atoms with Gasteiger partial charge in [-0.05, 0) is 24.5 Å². The minimum absolute atomic E-state index is 0.167. The van der Waals surface area contributed by atoms with Gasteiger partial charge in [0.1, 0.15) is 0 Å². The van der Waals surface area contributed by atoms with Gasteiger partial charge in [0, 0.05) is 51.5 Å². The third-order valence-corrected chi connectivity index (χ3v) is 4.57. The molecule has 1 aromatic carbocycles. The molecule has 2 aliphatic rings. The lowest BCUT2D eigenvalue weighted by Crippen LogP contribution is -2.48. The van der Waals surface area contributed by atoms with Crippen LogP contribution < -0.4 is 15.5 Å². The number of rotatable bonds is 5. The molecule has 1 atom stereocenters. The Bertz CT molecular complexity index is 473. The van der Waals surface area contributed by atoms with Crippen molar-refractivity contribution in [2.45, 2.75) is 6.42 Å². The topological polar surface area (TPSA) is 47.6 Å². The van der Waals surface area contributed by atoms with Gasteiger partial charge in [-0.25, -0.2) is 0 Å². The fourth-order valence-corrected chi connectivity index (χ4v) is 3.26. The minimum Gasteiger partial charge on any atom is -0.371 e. The fraction of sp³-hybridized carbons (Fsp3) is 0.588. The third kappa shape index (κ3) is 4.21. The van der Waals surface area contributed by atoms with Crippen LogP contribution in [0, 0.1) is 5.92 Å². The molecule has 5 heteroatoms. The van der Waals surface area contributed by atoms with Crippen LogP contribution in [0.4, 0.5) is 5.69 Å². The van der Waals surface area contributed by atoms with Gasteiger partial charge in [-0.15, -0.1) is 0 Å². The number of anilines is 1. The number of benzene rings is 1. The molecule has 0 saturated carbocycles. The van der Waals surface area contributed by atoms with Crippen LogP contribution in [0.2, 0.25) is 0 Å². The van der Waals surface area contributed by atoms with Crippen LogP contribution in [0.1, 0.15) is 6.42 Å². The van der Waals surface area contributed by atoms with Crippen molar-refractivity contribution in [3.8, 4) is 0 Å². The molecule has 2 N–H and O–H groups in total. The van der Waals surface area contributed by atoms with Crippen LogP contribution in [0.25, 0.3) is 0 Å². The second-order valence-electron chi connectivity index (χ2n) is 6.27. The second kappa shape index (κ2) is 7.61. The van der Waals surface area contributed by atoms with E-state index in [2.05, 4.69) is 44.7 Å². The fourth-order valence-electron chi connectivity index (χ4n) is 3.26. The molecule has 2 aliphatic heterocycles. The quantitative estimate of drug-likeness (QED) is 0.833. The van der Waals surface area contributed by atoms with Gasteiger partial charge in [0.25, 0.3) is 0 Å². The molecule has 2 fully saturated rings. The molecule has 120 valence electrons. The standard InChI is InChI=1S/C17H26N4O/c22-17(14-20-10-7-18-8-11-20)19-12-15-6-9-21(13-15)16-4-2-1-3-5-16/h1-5,15,18H,6-14H2,(H,19,22). The molecule has 0 aromatic heterocycles. The summed E-state index contributed by atoms with van der Waals surface area (Å²) in [6.45, 7) is 7.38. The first-order valence-corrected chi connectivity index (χ1v) is 8.31. The van der Waals surface area contributed by atoms with Crippen LogP contribution in [0.3, 0.4) is 0 Å². The lowest BCUT2D eigenvalue weighted by atomic mass is 10.1. The zero-order chi connectivity index (χ0) is 15.2. The summed E-state index contributed by atoms with van der Waals surface area (Å²) < 4.78 is 0. The number of nitrogens with one attached hydrogen (secondary N) is 2. The number of piperazine rings is 1. The van der Waals surface area contributed by atoms with E-state index >= 15 is 0 Å². The lowest BCUT2D eigenvalue weighted by molar-refractivity contribution is -0.122. The molecule has 0 radical (unpaired) electrons. The van der Waals surface area contributed by atoms with E-state index in [-0.39, 0.29) is 5.91 Å². The van der Waals surface area contributed by atoms with Crippen LogP contribution in [0.5, 0.6) is 0 Å². The zero-order valence-corrected chi connectivity index (χ0v) is 13.1. The highest BCUT2D eigenvalue weighted by Gasteiger charge is 2.23. The van der Waals surface area contributed by atoms with Crippen molar-refractivity contribution in [2.24, 2.45) is 5.92 Å². The predicted molar refractivity (Wildman–Crippen MR) is 89.1 cm³/mol. The Labute approximate surface area is 132 Å². The highest BCUT2D eigenvalue weighted by atomic mass is 16.2. The molecule has 0 aliphatic carbocycles. The Hall–Kier alpha value is -1.59. The summed E-state index contributed by atoms with van der Waals surface area (Å²) in [6, 6.07) is 10.5. The largest absolute Gasteiger partial charge is 0.371 e. The van der Waals surface area contributed by atoms with Crippen LogP contribution in [-0.2, 0) is 4.79 Å². The van der Waals surface area contributed by atoms with E-state index in [1.165, 1.54) is 5.69 Å². The number of hydrogen-bond donors (Lipinski definition) is 2. The van der Waals surface area contributed by atoms with E-state index in [0.29, 0.717) is 12.5 Å². The van der Waals surface area contributed by atoms with E-state index < -0.39 is 0 Å². The van der Waals surface area contributed by atoms with Crippen molar-refractivity contribution in [1.82, 2.24) is 15.5 Å². The lowest BCUT2D eigenvalue weighted by Gasteiger charge is -2.26. The molecule has 1 aromatic rings. The van der Waals surface area contributed by atoms with E-state index in [9.17, 15) is 4.79 Å². The highest BCUT2D eigenvalue weighted by Crippen LogP contribution is 2.22.